The second kappa shape index (κ2) is 5.13. The molecule has 0 spiro atoms. The minimum Gasteiger partial charge on any atom is -0.398 e. The van der Waals surface area contributed by atoms with Gasteiger partial charge in [0.05, 0.1) is 5.69 Å². The summed E-state index contributed by atoms with van der Waals surface area (Å²) in [5.74, 6) is 0. The molecule has 0 radical (unpaired) electrons. The van der Waals surface area contributed by atoms with Gasteiger partial charge >= 0.3 is 0 Å². The van der Waals surface area contributed by atoms with Crippen molar-refractivity contribution in [2.45, 2.75) is 51.0 Å². The molecule has 1 aliphatic rings. The van der Waals surface area contributed by atoms with Gasteiger partial charge in [-0.25, -0.2) is 8.42 Å². The molecule has 2 N–H and O–H groups in total. The number of aryl methyl sites for hydroxylation is 1. The number of hydrogen-bond acceptors (Lipinski definition) is 3. The largest absolute Gasteiger partial charge is 0.398 e. The summed E-state index contributed by atoms with van der Waals surface area (Å²) < 4.78 is 27.3. The Kier molecular flexibility index (Phi) is 3.87. The molecule has 0 aromatic heterocycles. The maximum atomic E-state index is 12.8. The maximum absolute atomic E-state index is 12.8. The lowest BCUT2D eigenvalue weighted by molar-refractivity contribution is 0.403. The van der Waals surface area contributed by atoms with E-state index >= 15 is 0 Å². The quantitative estimate of drug-likeness (QED) is 0.844. The highest BCUT2D eigenvalue weighted by Crippen LogP contribution is 2.35. The zero-order chi connectivity index (χ0) is 14.2. The first-order valence-electron chi connectivity index (χ1n) is 6.77. The Morgan fingerprint density at radius 2 is 1.95 bits per heavy atom. The number of nitrogen functional groups attached to an aromatic ring is 1. The summed E-state index contributed by atoms with van der Waals surface area (Å²) in [5.41, 5.74) is 8.00. The standard InChI is InChI=1S/C14H22N2O2S/c1-4-9-16(12-6-7-12)19(17,18)14-11(3)10(2)5-8-13(14)15/h5,8,12H,4,6-7,9,15H2,1-3H3. The minimum atomic E-state index is -3.48. The summed E-state index contributed by atoms with van der Waals surface area (Å²) >= 11 is 0. The fraction of sp³-hybridized carbons (Fsp3) is 0.571. The predicted octanol–water partition coefficient (Wildman–Crippen LogP) is 2.45. The lowest BCUT2D eigenvalue weighted by Gasteiger charge is -2.23. The Morgan fingerprint density at radius 3 is 2.47 bits per heavy atom. The van der Waals surface area contributed by atoms with Crippen molar-refractivity contribution in [3.05, 3.63) is 23.3 Å². The normalized spacial score (nSPS) is 16.0. The molecule has 0 unspecified atom stereocenters. The Bertz CT molecular complexity index is 577. The smallest absolute Gasteiger partial charge is 0.245 e. The molecule has 1 saturated carbocycles. The first kappa shape index (κ1) is 14.3. The molecule has 106 valence electrons. The number of nitrogens with zero attached hydrogens (tertiary/aromatic N) is 1. The van der Waals surface area contributed by atoms with E-state index in [0.29, 0.717) is 17.1 Å². The van der Waals surface area contributed by atoms with Crippen molar-refractivity contribution in [1.29, 1.82) is 0 Å². The number of nitrogens with two attached hydrogens (primary N) is 1. The van der Waals surface area contributed by atoms with Gasteiger partial charge in [0, 0.05) is 12.6 Å². The Hall–Kier alpha value is -1.07. The fourth-order valence-electron chi connectivity index (χ4n) is 2.35. The van der Waals surface area contributed by atoms with Crippen LogP contribution < -0.4 is 5.73 Å². The van der Waals surface area contributed by atoms with E-state index in [2.05, 4.69) is 0 Å². The van der Waals surface area contributed by atoms with Crippen molar-refractivity contribution in [3.8, 4) is 0 Å². The number of benzene rings is 1. The Morgan fingerprint density at radius 1 is 1.32 bits per heavy atom. The summed E-state index contributed by atoms with van der Waals surface area (Å²) in [4.78, 5) is 0.299. The monoisotopic (exact) mass is 282 g/mol. The number of hydrogen-bond donors (Lipinski definition) is 1. The van der Waals surface area contributed by atoms with Crippen molar-refractivity contribution < 1.29 is 8.42 Å². The van der Waals surface area contributed by atoms with Gasteiger partial charge in [0.2, 0.25) is 10.0 Å². The van der Waals surface area contributed by atoms with Crippen LogP contribution in [0.3, 0.4) is 0 Å². The topological polar surface area (TPSA) is 63.4 Å². The molecule has 0 aliphatic heterocycles. The van der Waals surface area contributed by atoms with Gasteiger partial charge in [-0.3, -0.25) is 0 Å². The van der Waals surface area contributed by atoms with Crippen molar-refractivity contribution in [2.75, 3.05) is 12.3 Å². The van der Waals surface area contributed by atoms with Crippen molar-refractivity contribution in [2.24, 2.45) is 0 Å². The van der Waals surface area contributed by atoms with Crippen LogP contribution in [0.25, 0.3) is 0 Å². The fourth-order valence-corrected chi connectivity index (χ4v) is 4.53. The van der Waals surface area contributed by atoms with Gasteiger partial charge in [0.15, 0.2) is 0 Å². The van der Waals surface area contributed by atoms with Crippen LogP contribution >= 0.6 is 0 Å². The molecule has 0 atom stereocenters. The van der Waals surface area contributed by atoms with E-state index in [1.807, 2.05) is 26.8 Å². The van der Waals surface area contributed by atoms with E-state index in [4.69, 9.17) is 5.73 Å². The van der Waals surface area contributed by atoms with Crippen LogP contribution in [0.15, 0.2) is 17.0 Å². The molecule has 1 aliphatic carbocycles. The first-order valence-corrected chi connectivity index (χ1v) is 8.21. The van der Waals surface area contributed by atoms with E-state index in [0.717, 1.165) is 30.4 Å². The van der Waals surface area contributed by atoms with Crippen LogP contribution in [0.1, 0.15) is 37.3 Å². The molecule has 1 aromatic rings. The van der Waals surface area contributed by atoms with Gasteiger partial charge in [0.1, 0.15) is 4.90 Å². The molecule has 1 fully saturated rings. The van der Waals surface area contributed by atoms with Crippen LogP contribution in [-0.2, 0) is 10.0 Å². The van der Waals surface area contributed by atoms with E-state index in [1.54, 1.807) is 10.4 Å². The molecule has 5 heteroatoms. The summed E-state index contributed by atoms with van der Waals surface area (Å²) in [7, 11) is -3.48. The van der Waals surface area contributed by atoms with Gasteiger partial charge in [0.25, 0.3) is 0 Å². The number of rotatable bonds is 5. The average molecular weight is 282 g/mol. The minimum absolute atomic E-state index is 0.171. The third-order valence-corrected chi connectivity index (χ3v) is 5.83. The SMILES string of the molecule is CCCN(C1CC1)S(=O)(=O)c1c(N)ccc(C)c1C. The van der Waals surface area contributed by atoms with E-state index in [9.17, 15) is 8.42 Å². The van der Waals surface area contributed by atoms with Crippen LogP contribution in [-0.4, -0.2) is 25.3 Å². The third-order valence-electron chi connectivity index (χ3n) is 3.67. The highest BCUT2D eigenvalue weighted by Gasteiger charge is 2.38. The molecule has 0 heterocycles. The number of anilines is 1. The van der Waals surface area contributed by atoms with Crippen molar-refractivity contribution in [1.82, 2.24) is 4.31 Å². The number of sulfonamides is 1. The maximum Gasteiger partial charge on any atom is 0.245 e. The Labute approximate surface area is 115 Å². The Balaban J connectivity index is 2.52. The predicted molar refractivity (Wildman–Crippen MR) is 77.5 cm³/mol. The molecule has 2 rings (SSSR count). The van der Waals surface area contributed by atoms with E-state index in [-0.39, 0.29) is 6.04 Å². The van der Waals surface area contributed by atoms with Crippen molar-refractivity contribution in [3.63, 3.8) is 0 Å². The van der Waals surface area contributed by atoms with Crippen LogP contribution in [0, 0.1) is 13.8 Å². The third kappa shape index (κ3) is 2.62. The molecule has 0 saturated heterocycles. The highest BCUT2D eigenvalue weighted by atomic mass is 32.2. The zero-order valence-electron chi connectivity index (χ0n) is 11.8. The highest BCUT2D eigenvalue weighted by molar-refractivity contribution is 7.89. The molecule has 0 bridgehead atoms. The summed E-state index contributed by atoms with van der Waals surface area (Å²) in [6, 6.07) is 3.72. The summed E-state index contributed by atoms with van der Waals surface area (Å²) in [6.07, 6.45) is 2.74. The average Bonchev–Trinajstić information content (AvgIpc) is 3.15. The molecule has 19 heavy (non-hydrogen) atoms. The van der Waals surface area contributed by atoms with Crippen LogP contribution in [0.2, 0.25) is 0 Å². The molecular weight excluding hydrogens is 260 g/mol. The van der Waals surface area contributed by atoms with Crippen LogP contribution in [0.5, 0.6) is 0 Å². The lowest BCUT2D eigenvalue weighted by Crippen LogP contribution is -2.34. The first-order chi connectivity index (χ1) is 8.89. The summed E-state index contributed by atoms with van der Waals surface area (Å²) in [5, 5.41) is 0. The van der Waals surface area contributed by atoms with Gasteiger partial charge in [-0.2, -0.15) is 4.31 Å². The zero-order valence-corrected chi connectivity index (χ0v) is 12.6. The van der Waals surface area contributed by atoms with Gasteiger partial charge in [-0.15, -0.1) is 0 Å². The van der Waals surface area contributed by atoms with E-state index in [1.165, 1.54) is 0 Å². The second-order valence-corrected chi connectivity index (χ2v) is 7.10. The van der Waals surface area contributed by atoms with Crippen molar-refractivity contribution >= 4 is 15.7 Å². The lowest BCUT2D eigenvalue weighted by atomic mass is 10.1. The van der Waals surface area contributed by atoms with Gasteiger partial charge < -0.3 is 5.73 Å². The van der Waals surface area contributed by atoms with E-state index < -0.39 is 10.0 Å². The molecule has 4 nitrogen and oxygen atoms in total. The molecule has 0 amide bonds. The van der Waals surface area contributed by atoms with Gasteiger partial charge in [-0.1, -0.05) is 13.0 Å². The second-order valence-electron chi connectivity index (χ2n) is 5.27. The molecular formula is C14H22N2O2S. The van der Waals surface area contributed by atoms with Gasteiger partial charge in [-0.05, 0) is 50.3 Å². The molecule has 1 aromatic carbocycles. The van der Waals surface area contributed by atoms with Crippen LogP contribution in [0.4, 0.5) is 5.69 Å². The summed E-state index contributed by atoms with van der Waals surface area (Å²) in [6.45, 7) is 6.31.